The number of nitrogen functional groups attached to an aromatic ring is 1. The quantitative estimate of drug-likeness (QED) is 0.416. The van der Waals surface area contributed by atoms with Crippen molar-refractivity contribution < 1.29 is 4.74 Å². The van der Waals surface area contributed by atoms with Crippen LogP contribution in [0.1, 0.15) is 11.4 Å². The van der Waals surface area contributed by atoms with Crippen LogP contribution in [0.5, 0.6) is 11.6 Å². The predicted octanol–water partition coefficient (Wildman–Crippen LogP) is 5.31. The van der Waals surface area contributed by atoms with Crippen LogP contribution in [0.15, 0.2) is 67.0 Å². The van der Waals surface area contributed by atoms with Crippen molar-refractivity contribution in [1.82, 2.24) is 19.9 Å². The number of aryl methyl sites for hydroxylation is 2. The van der Waals surface area contributed by atoms with Crippen LogP contribution in [-0.2, 0) is 0 Å². The Morgan fingerprint density at radius 2 is 1.45 bits per heavy atom. The van der Waals surface area contributed by atoms with Gasteiger partial charge in [-0.25, -0.2) is 9.97 Å². The summed E-state index contributed by atoms with van der Waals surface area (Å²) in [5, 5.41) is 5.28. The van der Waals surface area contributed by atoms with Crippen LogP contribution in [0.4, 0.5) is 17.2 Å². The molecule has 0 unspecified atom stereocenters. The Balaban J connectivity index is 1.52. The number of fused-ring (bicyclic) bond motifs is 2. The molecule has 3 aromatic heterocycles. The summed E-state index contributed by atoms with van der Waals surface area (Å²) in [6.07, 6.45) is 1.42. The summed E-state index contributed by atoms with van der Waals surface area (Å²) in [5.74, 6) is 1.29. The molecule has 5 aromatic rings. The molecule has 5 rings (SSSR count). The van der Waals surface area contributed by atoms with Crippen molar-refractivity contribution in [1.29, 1.82) is 0 Å². The molecule has 31 heavy (non-hydrogen) atoms. The van der Waals surface area contributed by atoms with Gasteiger partial charge in [-0.2, -0.15) is 4.98 Å². The monoisotopic (exact) mass is 408 g/mol. The maximum absolute atomic E-state index is 6.37. The van der Waals surface area contributed by atoms with Crippen molar-refractivity contribution in [2.75, 3.05) is 11.1 Å². The molecule has 7 heteroatoms. The second-order valence-electron chi connectivity index (χ2n) is 7.28. The number of nitrogens with two attached hydrogens (primary N) is 1. The van der Waals surface area contributed by atoms with E-state index in [-0.39, 0.29) is 5.88 Å². The molecule has 0 radical (unpaired) electrons. The molecular formula is C24H20N6O. The van der Waals surface area contributed by atoms with Gasteiger partial charge in [0.1, 0.15) is 17.5 Å². The van der Waals surface area contributed by atoms with Crippen molar-refractivity contribution in [2.24, 2.45) is 0 Å². The minimum atomic E-state index is 0.262. The van der Waals surface area contributed by atoms with E-state index in [4.69, 9.17) is 10.5 Å². The van der Waals surface area contributed by atoms with Gasteiger partial charge in [0, 0.05) is 22.2 Å². The molecule has 0 aliphatic rings. The molecule has 7 nitrogen and oxygen atoms in total. The third-order valence-electron chi connectivity index (χ3n) is 4.99. The van der Waals surface area contributed by atoms with Crippen molar-refractivity contribution in [2.45, 2.75) is 13.8 Å². The molecule has 0 aliphatic carbocycles. The van der Waals surface area contributed by atoms with Gasteiger partial charge in [0.15, 0.2) is 11.6 Å². The average molecular weight is 408 g/mol. The molecule has 0 atom stereocenters. The van der Waals surface area contributed by atoms with Gasteiger partial charge in [0.25, 0.3) is 0 Å². The predicted molar refractivity (Wildman–Crippen MR) is 123 cm³/mol. The molecule has 0 spiro atoms. The summed E-state index contributed by atoms with van der Waals surface area (Å²) in [4.78, 5) is 17.8. The van der Waals surface area contributed by atoms with Crippen LogP contribution < -0.4 is 15.8 Å². The topological polar surface area (TPSA) is 98.8 Å². The Bertz CT molecular complexity index is 1330. The van der Waals surface area contributed by atoms with E-state index in [9.17, 15) is 0 Å². The molecule has 0 bridgehead atoms. The van der Waals surface area contributed by atoms with Crippen molar-refractivity contribution in [3.8, 4) is 11.6 Å². The lowest BCUT2D eigenvalue weighted by Gasteiger charge is -2.14. The number of anilines is 3. The number of hydrogen-bond acceptors (Lipinski definition) is 7. The standard InChI is InChI=1S/C24H20N6O/c1-14-9-11-16-5-3-7-18(21(16)28-14)30-23-20(25)24(27-13-26-23)31-19-8-4-6-17-12-10-15(2)29-22(17)19/h3-13H,25H2,1-2H3,(H,26,27,30). The largest absolute Gasteiger partial charge is 0.435 e. The van der Waals surface area contributed by atoms with Gasteiger partial charge in [0.2, 0.25) is 5.88 Å². The van der Waals surface area contributed by atoms with Crippen LogP contribution in [0.25, 0.3) is 21.8 Å². The minimum absolute atomic E-state index is 0.262. The lowest BCUT2D eigenvalue weighted by Crippen LogP contribution is -2.04. The molecular weight excluding hydrogens is 388 g/mol. The second kappa shape index (κ2) is 7.53. The minimum Gasteiger partial charge on any atom is -0.435 e. The van der Waals surface area contributed by atoms with Crippen LogP contribution >= 0.6 is 0 Å². The number of rotatable bonds is 4. The highest BCUT2D eigenvalue weighted by atomic mass is 16.5. The molecule has 3 heterocycles. The number of aromatic nitrogens is 4. The Labute approximate surface area is 179 Å². The molecule has 3 N–H and O–H groups in total. The second-order valence-corrected chi connectivity index (χ2v) is 7.28. The molecule has 0 saturated heterocycles. The maximum Gasteiger partial charge on any atom is 0.248 e. The van der Waals surface area contributed by atoms with E-state index >= 15 is 0 Å². The molecule has 0 amide bonds. The SMILES string of the molecule is Cc1ccc2cccc(Nc3ncnc(Oc4cccc5ccc(C)nc45)c3N)c2n1. The first kappa shape index (κ1) is 18.7. The highest BCUT2D eigenvalue weighted by Crippen LogP contribution is 2.34. The van der Waals surface area contributed by atoms with E-state index in [1.54, 1.807) is 0 Å². The van der Waals surface area contributed by atoms with Crippen LogP contribution in [-0.4, -0.2) is 19.9 Å². The smallest absolute Gasteiger partial charge is 0.248 e. The molecule has 0 aliphatic heterocycles. The molecule has 0 saturated carbocycles. The van der Waals surface area contributed by atoms with E-state index in [0.29, 0.717) is 17.3 Å². The normalized spacial score (nSPS) is 11.0. The van der Waals surface area contributed by atoms with E-state index in [2.05, 4.69) is 25.3 Å². The fraction of sp³-hybridized carbons (Fsp3) is 0.0833. The van der Waals surface area contributed by atoms with Crippen LogP contribution in [0.3, 0.4) is 0 Å². The first-order valence-electron chi connectivity index (χ1n) is 9.86. The number of benzene rings is 2. The highest BCUT2D eigenvalue weighted by molar-refractivity contribution is 5.93. The first-order valence-corrected chi connectivity index (χ1v) is 9.86. The van der Waals surface area contributed by atoms with Gasteiger partial charge in [-0.05, 0) is 38.1 Å². The fourth-order valence-electron chi connectivity index (χ4n) is 3.44. The fourth-order valence-corrected chi connectivity index (χ4v) is 3.44. The van der Waals surface area contributed by atoms with E-state index in [1.165, 1.54) is 6.33 Å². The lowest BCUT2D eigenvalue weighted by atomic mass is 10.1. The van der Waals surface area contributed by atoms with E-state index < -0.39 is 0 Å². The Morgan fingerprint density at radius 3 is 2.23 bits per heavy atom. The summed E-state index contributed by atoms with van der Waals surface area (Å²) in [6, 6.07) is 19.7. The van der Waals surface area contributed by atoms with Gasteiger partial charge < -0.3 is 15.8 Å². The number of nitrogens with zero attached hydrogens (tertiary/aromatic N) is 4. The summed E-state index contributed by atoms with van der Waals surface area (Å²) in [6.45, 7) is 3.90. The van der Waals surface area contributed by atoms with Crippen LogP contribution in [0.2, 0.25) is 0 Å². The summed E-state index contributed by atoms with van der Waals surface area (Å²) in [5.41, 5.74) is 10.9. The third kappa shape index (κ3) is 3.57. The van der Waals surface area contributed by atoms with Crippen molar-refractivity contribution >= 4 is 39.0 Å². The van der Waals surface area contributed by atoms with Crippen molar-refractivity contribution in [3.05, 3.63) is 78.4 Å². The summed E-state index contributed by atoms with van der Waals surface area (Å²) >= 11 is 0. The molecule has 2 aromatic carbocycles. The molecule has 152 valence electrons. The Hall–Kier alpha value is -4.26. The lowest BCUT2D eigenvalue weighted by molar-refractivity contribution is 0.469. The number of hydrogen-bond donors (Lipinski definition) is 2. The third-order valence-corrected chi connectivity index (χ3v) is 4.99. The van der Waals surface area contributed by atoms with Gasteiger partial charge in [-0.1, -0.05) is 36.4 Å². The van der Waals surface area contributed by atoms with Gasteiger partial charge >= 0.3 is 0 Å². The number of para-hydroxylation sites is 2. The average Bonchev–Trinajstić information content (AvgIpc) is 2.77. The highest BCUT2D eigenvalue weighted by Gasteiger charge is 2.14. The van der Waals surface area contributed by atoms with Gasteiger partial charge in [-0.3, -0.25) is 4.98 Å². The summed E-state index contributed by atoms with van der Waals surface area (Å²) < 4.78 is 6.07. The van der Waals surface area contributed by atoms with E-state index in [1.807, 2.05) is 74.5 Å². The van der Waals surface area contributed by atoms with Gasteiger partial charge in [0.05, 0.1) is 11.2 Å². The maximum atomic E-state index is 6.37. The first-order chi connectivity index (χ1) is 15.1. The zero-order valence-electron chi connectivity index (χ0n) is 17.1. The zero-order chi connectivity index (χ0) is 21.4. The van der Waals surface area contributed by atoms with Gasteiger partial charge in [-0.15, -0.1) is 0 Å². The number of pyridine rings is 2. The number of nitrogens with one attached hydrogen (secondary N) is 1. The molecule has 0 fully saturated rings. The Morgan fingerprint density at radius 1 is 0.774 bits per heavy atom. The number of ether oxygens (including phenoxy) is 1. The van der Waals surface area contributed by atoms with Crippen molar-refractivity contribution in [3.63, 3.8) is 0 Å². The summed E-state index contributed by atoms with van der Waals surface area (Å²) in [7, 11) is 0. The van der Waals surface area contributed by atoms with Crippen LogP contribution in [0, 0.1) is 13.8 Å². The Kier molecular flexibility index (Phi) is 4.55. The zero-order valence-corrected chi connectivity index (χ0v) is 17.1. The van der Waals surface area contributed by atoms with E-state index in [0.717, 1.165) is 38.9 Å².